The Balaban J connectivity index is 2.71. The fraction of sp³-hybridized carbons (Fsp3) is 0.667. The molecule has 17 heavy (non-hydrogen) atoms. The summed E-state index contributed by atoms with van der Waals surface area (Å²) in [5, 5.41) is 9.79. The van der Waals surface area contributed by atoms with Crippen LogP contribution in [-0.2, 0) is 0 Å². The van der Waals surface area contributed by atoms with Crippen LogP contribution in [0.25, 0.3) is 0 Å². The first-order chi connectivity index (χ1) is 7.93. The van der Waals surface area contributed by atoms with Gasteiger partial charge in [-0.25, -0.2) is 9.97 Å². The summed E-state index contributed by atoms with van der Waals surface area (Å²) in [5.41, 5.74) is -0.0434. The van der Waals surface area contributed by atoms with Gasteiger partial charge in [0, 0.05) is 24.2 Å². The van der Waals surface area contributed by atoms with Crippen molar-refractivity contribution < 1.29 is 0 Å². The fourth-order valence-electron chi connectivity index (χ4n) is 1.63. The van der Waals surface area contributed by atoms with Crippen molar-refractivity contribution in [3.8, 4) is 0 Å². The molecule has 3 N–H and O–H groups in total. The van der Waals surface area contributed by atoms with Gasteiger partial charge in [-0.1, -0.05) is 0 Å². The van der Waals surface area contributed by atoms with Crippen LogP contribution < -0.4 is 16.0 Å². The van der Waals surface area contributed by atoms with Crippen molar-refractivity contribution in [2.24, 2.45) is 0 Å². The molecule has 1 aromatic rings. The number of anilines is 2. The Hall–Kier alpha value is -1.36. The summed E-state index contributed by atoms with van der Waals surface area (Å²) >= 11 is 0. The van der Waals surface area contributed by atoms with E-state index in [4.69, 9.17) is 0 Å². The standard InChI is InChI=1S/C12H23N5/c1-9(2)16-10-6-11(15-8-14-10)17-12(3,4)7-13-5/h6,8-9,13H,7H2,1-5H3,(H2,14,15,16,17). The molecule has 0 aliphatic carbocycles. The Morgan fingerprint density at radius 2 is 1.88 bits per heavy atom. The van der Waals surface area contributed by atoms with E-state index in [1.165, 1.54) is 0 Å². The van der Waals surface area contributed by atoms with Crippen molar-refractivity contribution in [1.29, 1.82) is 0 Å². The molecule has 96 valence electrons. The monoisotopic (exact) mass is 237 g/mol. The number of nitrogens with one attached hydrogen (secondary N) is 3. The van der Waals surface area contributed by atoms with E-state index in [0.717, 1.165) is 18.2 Å². The Morgan fingerprint density at radius 3 is 2.47 bits per heavy atom. The van der Waals surface area contributed by atoms with Crippen LogP contribution in [0.2, 0.25) is 0 Å². The second-order valence-electron chi connectivity index (χ2n) is 5.13. The summed E-state index contributed by atoms with van der Waals surface area (Å²) in [6.45, 7) is 9.28. The van der Waals surface area contributed by atoms with Gasteiger partial charge in [0.05, 0.1) is 0 Å². The zero-order valence-corrected chi connectivity index (χ0v) is 11.3. The van der Waals surface area contributed by atoms with Crippen molar-refractivity contribution in [3.05, 3.63) is 12.4 Å². The minimum Gasteiger partial charge on any atom is -0.368 e. The van der Waals surface area contributed by atoms with Crippen LogP contribution in [0.1, 0.15) is 27.7 Å². The van der Waals surface area contributed by atoms with Crippen LogP contribution in [0.5, 0.6) is 0 Å². The van der Waals surface area contributed by atoms with Crippen molar-refractivity contribution in [2.75, 3.05) is 24.2 Å². The van der Waals surface area contributed by atoms with Crippen LogP contribution in [0, 0.1) is 0 Å². The molecule has 0 amide bonds. The van der Waals surface area contributed by atoms with E-state index in [1.54, 1.807) is 6.33 Å². The lowest BCUT2D eigenvalue weighted by molar-refractivity contribution is 0.528. The highest BCUT2D eigenvalue weighted by Crippen LogP contribution is 2.14. The van der Waals surface area contributed by atoms with E-state index in [2.05, 4.69) is 53.6 Å². The van der Waals surface area contributed by atoms with Gasteiger partial charge in [0.1, 0.15) is 18.0 Å². The average Bonchev–Trinajstić information content (AvgIpc) is 2.15. The van der Waals surface area contributed by atoms with Gasteiger partial charge in [-0.05, 0) is 34.7 Å². The molecule has 5 heteroatoms. The first-order valence-electron chi connectivity index (χ1n) is 5.94. The predicted molar refractivity (Wildman–Crippen MR) is 72.4 cm³/mol. The quantitative estimate of drug-likeness (QED) is 0.703. The van der Waals surface area contributed by atoms with E-state index >= 15 is 0 Å². The molecule has 1 rings (SSSR count). The zero-order chi connectivity index (χ0) is 12.9. The highest BCUT2D eigenvalue weighted by Gasteiger charge is 2.16. The van der Waals surface area contributed by atoms with Gasteiger partial charge in [-0.2, -0.15) is 0 Å². The van der Waals surface area contributed by atoms with Gasteiger partial charge >= 0.3 is 0 Å². The second-order valence-corrected chi connectivity index (χ2v) is 5.13. The Kier molecular flexibility index (Phi) is 4.69. The van der Waals surface area contributed by atoms with E-state index in [0.29, 0.717) is 6.04 Å². The molecule has 0 spiro atoms. The number of likely N-dealkylation sites (N-methyl/N-ethyl adjacent to an activating group) is 1. The number of nitrogens with zero attached hydrogens (tertiary/aromatic N) is 2. The molecule has 0 atom stereocenters. The Bertz CT molecular complexity index is 349. The molecule has 5 nitrogen and oxygen atoms in total. The first kappa shape index (κ1) is 13.7. The maximum atomic E-state index is 4.22. The molecule has 0 aliphatic heterocycles. The highest BCUT2D eigenvalue weighted by molar-refractivity contribution is 5.48. The molecule has 0 aliphatic rings. The van der Waals surface area contributed by atoms with Crippen molar-refractivity contribution in [2.45, 2.75) is 39.3 Å². The second kappa shape index (κ2) is 5.82. The lowest BCUT2D eigenvalue weighted by Gasteiger charge is -2.26. The smallest absolute Gasteiger partial charge is 0.131 e. The number of rotatable bonds is 6. The van der Waals surface area contributed by atoms with Gasteiger partial charge in [-0.3, -0.25) is 0 Å². The summed E-state index contributed by atoms with van der Waals surface area (Å²) in [4.78, 5) is 8.40. The predicted octanol–water partition coefficient (Wildman–Crippen LogP) is 1.71. The van der Waals surface area contributed by atoms with E-state index in [-0.39, 0.29) is 5.54 Å². The molecule has 1 aromatic heterocycles. The van der Waals surface area contributed by atoms with Gasteiger partial charge < -0.3 is 16.0 Å². The van der Waals surface area contributed by atoms with E-state index < -0.39 is 0 Å². The minimum absolute atomic E-state index is 0.0434. The van der Waals surface area contributed by atoms with Gasteiger partial charge in [0.15, 0.2) is 0 Å². The topological polar surface area (TPSA) is 61.9 Å². The Labute approximate surface area is 103 Å². The molecule has 0 fully saturated rings. The zero-order valence-electron chi connectivity index (χ0n) is 11.3. The minimum atomic E-state index is -0.0434. The summed E-state index contributed by atoms with van der Waals surface area (Å²) in [7, 11) is 1.94. The molecule has 0 unspecified atom stereocenters. The normalized spacial score (nSPS) is 11.6. The summed E-state index contributed by atoms with van der Waals surface area (Å²) < 4.78 is 0. The van der Waals surface area contributed by atoms with Crippen LogP contribution in [0.3, 0.4) is 0 Å². The third kappa shape index (κ3) is 4.99. The van der Waals surface area contributed by atoms with Gasteiger partial charge in [0.2, 0.25) is 0 Å². The largest absolute Gasteiger partial charge is 0.368 e. The Morgan fingerprint density at radius 1 is 1.24 bits per heavy atom. The maximum Gasteiger partial charge on any atom is 0.131 e. The van der Waals surface area contributed by atoms with E-state index in [9.17, 15) is 0 Å². The van der Waals surface area contributed by atoms with Crippen molar-refractivity contribution in [3.63, 3.8) is 0 Å². The molecular formula is C12H23N5. The van der Waals surface area contributed by atoms with Gasteiger partial charge in [0.25, 0.3) is 0 Å². The maximum absolute atomic E-state index is 4.22. The summed E-state index contributed by atoms with van der Waals surface area (Å²) in [5.74, 6) is 1.68. The molecule has 1 heterocycles. The van der Waals surface area contributed by atoms with Crippen LogP contribution in [0.4, 0.5) is 11.6 Å². The molecular weight excluding hydrogens is 214 g/mol. The fourth-order valence-corrected chi connectivity index (χ4v) is 1.63. The molecule has 0 aromatic carbocycles. The number of hydrogen-bond donors (Lipinski definition) is 3. The first-order valence-corrected chi connectivity index (χ1v) is 5.94. The lowest BCUT2D eigenvalue weighted by Crippen LogP contribution is -2.40. The third-order valence-corrected chi connectivity index (χ3v) is 2.19. The van der Waals surface area contributed by atoms with Crippen molar-refractivity contribution in [1.82, 2.24) is 15.3 Å². The van der Waals surface area contributed by atoms with Crippen LogP contribution in [-0.4, -0.2) is 35.1 Å². The molecule has 0 saturated heterocycles. The molecule has 0 bridgehead atoms. The average molecular weight is 237 g/mol. The summed E-state index contributed by atoms with van der Waals surface area (Å²) in [6, 6.07) is 2.29. The van der Waals surface area contributed by atoms with Crippen LogP contribution in [0.15, 0.2) is 12.4 Å². The number of aromatic nitrogens is 2. The van der Waals surface area contributed by atoms with Crippen molar-refractivity contribution >= 4 is 11.6 Å². The molecule has 0 saturated carbocycles. The van der Waals surface area contributed by atoms with Gasteiger partial charge in [-0.15, -0.1) is 0 Å². The number of hydrogen-bond acceptors (Lipinski definition) is 5. The third-order valence-electron chi connectivity index (χ3n) is 2.19. The highest BCUT2D eigenvalue weighted by atomic mass is 15.1. The SMILES string of the molecule is CNCC(C)(C)Nc1cc(NC(C)C)ncn1. The molecule has 0 radical (unpaired) electrons. The summed E-state index contributed by atoms with van der Waals surface area (Å²) in [6.07, 6.45) is 1.57. The lowest BCUT2D eigenvalue weighted by atomic mass is 10.1. The van der Waals surface area contributed by atoms with E-state index in [1.807, 2.05) is 13.1 Å². The van der Waals surface area contributed by atoms with Crippen LogP contribution >= 0.6 is 0 Å².